The maximum atomic E-state index is 10.7. The van der Waals surface area contributed by atoms with Gasteiger partial charge in [-0.25, -0.2) is 0 Å². The van der Waals surface area contributed by atoms with Crippen LogP contribution in [0.2, 0.25) is 0 Å². The number of aliphatic hydroxyl groups excluding tert-OH is 1. The molecule has 0 aliphatic rings. The van der Waals surface area contributed by atoms with Gasteiger partial charge in [0.1, 0.15) is 17.0 Å². The van der Waals surface area contributed by atoms with Crippen LogP contribution in [0.25, 0.3) is 11.0 Å². The Morgan fingerprint density at radius 2 is 2.19 bits per heavy atom. The van der Waals surface area contributed by atoms with Gasteiger partial charge in [0.2, 0.25) is 0 Å². The second kappa shape index (κ2) is 5.61. The lowest BCUT2D eigenvalue weighted by Gasteiger charge is -2.12. The Bertz CT molecular complexity index is 712. The van der Waals surface area contributed by atoms with E-state index in [1.165, 1.54) is 0 Å². The number of furan rings is 1. The van der Waals surface area contributed by atoms with Crippen LogP contribution in [0.5, 0.6) is 5.75 Å². The molecule has 0 bridgehead atoms. The molecule has 0 saturated carbocycles. The minimum Gasteiger partial charge on any atom is -0.493 e. The van der Waals surface area contributed by atoms with Gasteiger partial charge in [0.05, 0.1) is 13.3 Å². The summed E-state index contributed by atoms with van der Waals surface area (Å²) in [7, 11) is 1.57. The third-order valence-electron chi connectivity index (χ3n) is 3.47. The Balaban J connectivity index is 2.04. The minimum absolute atomic E-state index is 0.493. The van der Waals surface area contributed by atoms with Gasteiger partial charge in [-0.3, -0.25) is 4.68 Å². The normalized spacial score (nSPS) is 12.7. The summed E-state index contributed by atoms with van der Waals surface area (Å²) in [4.78, 5) is 0. The zero-order chi connectivity index (χ0) is 14.8. The van der Waals surface area contributed by atoms with Crippen LogP contribution in [0.4, 0.5) is 0 Å². The van der Waals surface area contributed by atoms with E-state index in [1.54, 1.807) is 18.0 Å². The van der Waals surface area contributed by atoms with E-state index in [1.807, 2.05) is 30.3 Å². The largest absolute Gasteiger partial charge is 0.493 e. The van der Waals surface area contributed by atoms with Crippen LogP contribution in [-0.4, -0.2) is 22.0 Å². The Kier molecular flexibility index (Phi) is 3.66. The predicted molar refractivity (Wildman–Crippen MR) is 79.3 cm³/mol. The maximum Gasteiger partial charge on any atom is 0.163 e. The molecule has 3 aromatic rings. The van der Waals surface area contributed by atoms with Crippen molar-refractivity contribution in [1.29, 1.82) is 0 Å². The molecule has 110 valence electrons. The summed E-state index contributed by atoms with van der Waals surface area (Å²) in [5, 5.41) is 15.9. The lowest BCUT2D eigenvalue weighted by molar-refractivity contribution is 0.176. The molecule has 5 nitrogen and oxygen atoms in total. The molecule has 0 radical (unpaired) electrons. The molecular formula is C16H18N2O3. The van der Waals surface area contributed by atoms with Crippen LogP contribution in [0.15, 0.2) is 40.9 Å². The monoisotopic (exact) mass is 286 g/mol. The van der Waals surface area contributed by atoms with Gasteiger partial charge in [-0.1, -0.05) is 25.1 Å². The smallest absolute Gasteiger partial charge is 0.163 e. The van der Waals surface area contributed by atoms with Crippen LogP contribution in [0.1, 0.15) is 30.9 Å². The summed E-state index contributed by atoms with van der Waals surface area (Å²) in [5.74, 6) is 1.06. The van der Waals surface area contributed by atoms with E-state index in [0.29, 0.717) is 17.2 Å². The standard InChI is InChI=1S/C16H18N2O3/c1-3-8-18-15(14(20-2)10-17-18)16(19)13-9-11-6-4-5-7-12(11)21-13/h4-7,9-10,16,19H,3,8H2,1-2H3. The first-order valence-corrected chi connectivity index (χ1v) is 7.00. The molecule has 3 rings (SSSR count). The summed E-state index contributed by atoms with van der Waals surface area (Å²) in [6, 6.07) is 9.53. The Labute approximate surface area is 122 Å². The topological polar surface area (TPSA) is 60.4 Å². The number of ether oxygens (including phenoxy) is 1. The molecule has 2 heterocycles. The fraction of sp³-hybridized carbons (Fsp3) is 0.312. The quantitative estimate of drug-likeness (QED) is 0.782. The summed E-state index contributed by atoms with van der Waals surface area (Å²) in [5.41, 5.74) is 1.38. The number of nitrogens with zero attached hydrogens (tertiary/aromatic N) is 2. The SMILES string of the molecule is CCCn1ncc(OC)c1C(O)c1cc2ccccc2o1. The van der Waals surface area contributed by atoms with Crippen molar-refractivity contribution in [2.45, 2.75) is 26.0 Å². The van der Waals surface area contributed by atoms with Crippen molar-refractivity contribution in [3.8, 4) is 5.75 Å². The van der Waals surface area contributed by atoms with Crippen molar-refractivity contribution in [1.82, 2.24) is 9.78 Å². The van der Waals surface area contributed by atoms with Crippen LogP contribution in [0, 0.1) is 0 Å². The second-order valence-electron chi connectivity index (χ2n) is 4.91. The van der Waals surface area contributed by atoms with Gasteiger partial charge < -0.3 is 14.3 Å². The number of hydrogen-bond donors (Lipinski definition) is 1. The van der Waals surface area contributed by atoms with E-state index in [2.05, 4.69) is 12.0 Å². The molecule has 5 heteroatoms. The highest BCUT2D eigenvalue weighted by molar-refractivity contribution is 5.77. The van der Waals surface area contributed by atoms with Gasteiger partial charge in [0, 0.05) is 11.9 Å². The molecule has 1 N–H and O–H groups in total. The molecule has 1 aromatic carbocycles. The Morgan fingerprint density at radius 3 is 2.90 bits per heavy atom. The lowest BCUT2D eigenvalue weighted by atomic mass is 10.1. The maximum absolute atomic E-state index is 10.7. The minimum atomic E-state index is -0.901. The van der Waals surface area contributed by atoms with Crippen molar-refractivity contribution in [3.05, 3.63) is 48.0 Å². The molecule has 2 aromatic heterocycles. The van der Waals surface area contributed by atoms with Gasteiger partial charge in [-0.05, 0) is 18.6 Å². The molecule has 1 atom stereocenters. The molecule has 0 saturated heterocycles. The highest BCUT2D eigenvalue weighted by Crippen LogP contribution is 2.33. The third kappa shape index (κ3) is 2.40. The molecule has 0 fully saturated rings. The van der Waals surface area contributed by atoms with Crippen LogP contribution in [0.3, 0.4) is 0 Å². The van der Waals surface area contributed by atoms with Gasteiger partial charge >= 0.3 is 0 Å². The zero-order valence-electron chi connectivity index (χ0n) is 12.1. The number of hydrogen-bond acceptors (Lipinski definition) is 4. The van der Waals surface area contributed by atoms with Crippen molar-refractivity contribution >= 4 is 11.0 Å². The van der Waals surface area contributed by atoms with Crippen molar-refractivity contribution in [2.75, 3.05) is 7.11 Å². The predicted octanol–water partition coefficient (Wildman–Crippen LogP) is 3.13. The van der Waals surface area contributed by atoms with E-state index >= 15 is 0 Å². The molecular weight excluding hydrogens is 268 g/mol. The zero-order valence-corrected chi connectivity index (χ0v) is 12.1. The number of methoxy groups -OCH3 is 1. The van der Waals surface area contributed by atoms with Crippen molar-refractivity contribution < 1.29 is 14.3 Å². The number of aryl methyl sites for hydroxylation is 1. The van der Waals surface area contributed by atoms with Crippen LogP contribution >= 0.6 is 0 Å². The summed E-state index contributed by atoms with van der Waals surface area (Å²) >= 11 is 0. The summed E-state index contributed by atoms with van der Waals surface area (Å²) in [6.07, 6.45) is 1.64. The number of fused-ring (bicyclic) bond motifs is 1. The van der Waals surface area contributed by atoms with E-state index in [9.17, 15) is 5.11 Å². The molecule has 0 spiro atoms. The average molecular weight is 286 g/mol. The van der Waals surface area contributed by atoms with E-state index in [-0.39, 0.29) is 0 Å². The first-order valence-electron chi connectivity index (χ1n) is 7.00. The Morgan fingerprint density at radius 1 is 1.38 bits per heavy atom. The highest BCUT2D eigenvalue weighted by atomic mass is 16.5. The molecule has 0 amide bonds. The van der Waals surface area contributed by atoms with Gasteiger partial charge in [-0.15, -0.1) is 0 Å². The van der Waals surface area contributed by atoms with E-state index in [4.69, 9.17) is 9.15 Å². The number of para-hydroxylation sites is 1. The van der Waals surface area contributed by atoms with Crippen LogP contribution in [-0.2, 0) is 6.54 Å². The van der Waals surface area contributed by atoms with Gasteiger partial charge in [0.25, 0.3) is 0 Å². The summed E-state index contributed by atoms with van der Waals surface area (Å²) in [6.45, 7) is 2.78. The highest BCUT2D eigenvalue weighted by Gasteiger charge is 2.24. The Hall–Kier alpha value is -2.27. The average Bonchev–Trinajstić information content (AvgIpc) is 3.10. The first kappa shape index (κ1) is 13.7. The number of aromatic nitrogens is 2. The second-order valence-corrected chi connectivity index (χ2v) is 4.91. The van der Waals surface area contributed by atoms with Gasteiger partial charge in [0.15, 0.2) is 11.9 Å². The first-order chi connectivity index (χ1) is 10.2. The fourth-order valence-electron chi connectivity index (χ4n) is 2.47. The lowest BCUT2D eigenvalue weighted by Crippen LogP contribution is -2.10. The molecule has 1 unspecified atom stereocenters. The van der Waals surface area contributed by atoms with Crippen LogP contribution < -0.4 is 4.74 Å². The molecule has 0 aliphatic carbocycles. The van der Waals surface area contributed by atoms with Crippen molar-refractivity contribution in [3.63, 3.8) is 0 Å². The third-order valence-corrected chi connectivity index (χ3v) is 3.47. The fourth-order valence-corrected chi connectivity index (χ4v) is 2.47. The van der Waals surface area contributed by atoms with Crippen molar-refractivity contribution in [2.24, 2.45) is 0 Å². The van der Waals surface area contributed by atoms with Gasteiger partial charge in [-0.2, -0.15) is 5.10 Å². The number of rotatable bonds is 5. The molecule has 21 heavy (non-hydrogen) atoms. The summed E-state index contributed by atoms with van der Waals surface area (Å²) < 4.78 is 12.8. The van der Waals surface area contributed by atoms with E-state index in [0.717, 1.165) is 23.9 Å². The number of benzene rings is 1. The van der Waals surface area contributed by atoms with E-state index < -0.39 is 6.10 Å². The molecule has 0 aliphatic heterocycles. The number of aliphatic hydroxyl groups is 1.